The molecule has 0 heterocycles. The summed E-state index contributed by atoms with van der Waals surface area (Å²) in [6, 6.07) is 13.8. The van der Waals surface area contributed by atoms with Gasteiger partial charge in [-0.2, -0.15) is 0 Å². The molecule has 128 valence electrons. The molecular weight excluding hydrogens is 308 g/mol. The van der Waals surface area contributed by atoms with Crippen molar-refractivity contribution in [3.8, 4) is 5.75 Å². The third kappa shape index (κ3) is 5.33. The standard InChI is InChI=1S/C18H22N2O4/c1-13(2)24-17-5-3-4-15(10-17)18(21)12-19-11-14-6-8-16(9-7-14)20(22)23/h3-10,13,18-19,21H,11-12H2,1-2H3. The maximum absolute atomic E-state index is 10.6. The second-order valence-electron chi connectivity index (χ2n) is 5.81. The van der Waals surface area contributed by atoms with Gasteiger partial charge in [0.25, 0.3) is 5.69 Å². The summed E-state index contributed by atoms with van der Waals surface area (Å²) in [4.78, 5) is 10.2. The van der Waals surface area contributed by atoms with Crippen LogP contribution < -0.4 is 10.1 Å². The van der Waals surface area contributed by atoms with Crippen molar-refractivity contribution >= 4 is 5.69 Å². The predicted molar refractivity (Wildman–Crippen MR) is 92.0 cm³/mol. The molecule has 0 aromatic heterocycles. The quantitative estimate of drug-likeness (QED) is 0.573. The number of nitrogens with zero attached hydrogens (tertiary/aromatic N) is 1. The predicted octanol–water partition coefficient (Wildman–Crippen LogP) is 3.21. The van der Waals surface area contributed by atoms with Crippen LogP contribution in [-0.4, -0.2) is 22.7 Å². The molecule has 0 saturated carbocycles. The summed E-state index contributed by atoms with van der Waals surface area (Å²) < 4.78 is 5.62. The molecule has 1 atom stereocenters. The van der Waals surface area contributed by atoms with Crippen LogP contribution in [0, 0.1) is 10.1 Å². The first kappa shape index (κ1) is 17.9. The van der Waals surface area contributed by atoms with Gasteiger partial charge in [-0.3, -0.25) is 10.1 Å². The molecule has 0 bridgehead atoms. The summed E-state index contributed by atoms with van der Waals surface area (Å²) in [6.45, 7) is 4.81. The van der Waals surface area contributed by atoms with E-state index in [0.29, 0.717) is 13.1 Å². The fourth-order valence-electron chi connectivity index (χ4n) is 2.27. The van der Waals surface area contributed by atoms with Crippen LogP contribution in [0.4, 0.5) is 5.69 Å². The van der Waals surface area contributed by atoms with Gasteiger partial charge in [0.1, 0.15) is 5.75 Å². The highest BCUT2D eigenvalue weighted by Crippen LogP contribution is 2.20. The minimum absolute atomic E-state index is 0.0701. The molecule has 0 aliphatic rings. The Morgan fingerprint density at radius 2 is 1.92 bits per heavy atom. The minimum atomic E-state index is -0.654. The first-order valence-electron chi connectivity index (χ1n) is 7.84. The van der Waals surface area contributed by atoms with Crippen LogP contribution in [0.2, 0.25) is 0 Å². The Morgan fingerprint density at radius 1 is 1.21 bits per heavy atom. The number of nitro benzene ring substituents is 1. The average Bonchev–Trinajstić information content (AvgIpc) is 2.55. The number of aliphatic hydroxyl groups excluding tert-OH is 1. The van der Waals surface area contributed by atoms with E-state index < -0.39 is 11.0 Å². The number of aliphatic hydroxyl groups is 1. The van der Waals surface area contributed by atoms with Crippen molar-refractivity contribution < 1.29 is 14.8 Å². The molecule has 1 unspecified atom stereocenters. The lowest BCUT2D eigenvalue weighted by Crippen LogP contribution is -2.21. The van der Waals surface area contributed by atoms with E-state index in [1.807, 2.05) is 38.1 Å². The van der Waals surface area contributed by atoms with E-state index in [4.69, 9.17) is 4.74 Å². The van der Waals surface area contributed by atoms with Gasteiger partial charge in [0, 0.05) is 25.2 Å². The highest BCUT2D eigenvalue weighted by Gasteiger charge is 2.09. The van der Waals surface area contributed by atoms with Crippen LogP contribution >= 0.6 is 0 Å². The largest absolute Gasteiger partial charge is 0.491 e. The Kier molecular flexibility index (Phi) is 6.28. The molecule has 24 heavy (non-hydrogen) atoms. The van der Waals surface area contributed by atoms with Crippen molar-refractivity contribution in [2.24, 2.45) is 0 Å². The van der Waals surface area contributed by atoms with E-state index in [1.165, 1.54) is 12.1 Å². The van der Waals surface area contributed by atoms with Crippen LogP contribution in [0.3, 0.4) is 0 Å². The minimum Gasteiger partial charge on any atom is -0.491 e. The average molecular weight is 330 g/mol. The Bertz CT molecular complexity index is 671. The Hall–Kier alpha value is -2.44. The van der Waals surface area contributed by atoms with Crippen LogP contribution in [0.5, 0.6) is 5.75 Å². The molecule has 6 heteroatoms. The smallest absolute Gasteiger partial charge is 0.269 e. The van der Waals surface area contributed by atoms with E-state index in [2.05, 4.69) is 5.32 Å². The molecule has 2 rings (SSSR count). The van der Waals surface area contributed by atoms with Crippen molar-refractivity contribution in [3.63, 3.8) is 0 Å². The van der Waals surface area contributed by atoms with Gasteiger partial charge in [0.15, 0.2) is 0 Å². The van der Waals surface area contributed by atoms with E-state index in [-0.39, 0.29) is 11.8 Å². The molecule has 0 aliphatic carbocycles. The van der Waals surface area contributed by atoms with Gasteiger partial charge >= 0.3 is 0 Å². The summed E-state index contributed by atoms with van der Waals surface area (Å²) in [7, 11) is 0. The number of non-ortho nitro benzene ring substituents is 1. The Labute approximate surface area is 141 Å². The summed E-state index contributed by atoms with van der Waals surface area (Å²) in [5.74, 6) is 0.733. The maximum Gasteiger partial charge on any atom is 0.269 e. The second-order valence-corrected chi connectivity index (χ2v) is 5.81. The fraction of sp³-hybridized carbons (Fsp3) is 0.333. The molecule has 0 radical (unpaired) electrons. The first-order valence-corrected chi connectivity index (χ1v) is 7.84. The highest BCUT2D eigenvalue weighted by atomic mass is 16.6. The van der Waals surface area contributed by atoms with Gasteiger partial charge < -0.3 is 15.2 Å². The van der Waals surface area contributed by atoms with Gasteiger partial charge in [0.05, 0.1) is 17.1 Å². The zero-order chi connectivity index (χ0) is 17.5. The zero-order valence-corrected chi connectivity index (χ0v) is 13.8. The number of nitro groups is 1. The number of ether oxygens (including phenoxy) is 1. The topological polar surface area (TPSA) is 84.6 Å². The highest BCUT2D eigenvalue weighted by molar-refractivity contribution is 5.33. The molecule has 0 spiro atoms. The summed E-state index contributed by atoms with van der Waals surface area (Å²) in [6.07, 6.45) is -0.573. The number of hydrogen-bond donors (Lipinski definition) is 2. The SMILES string of the molecule is CC(C)Oc1cccc(C(O)CNCc2ccc([N+](=O)[O-])cc2)c1. The van der Waals surface area contributed by atoms with Crippen molar-refractivity contribution in [1.29, 1.82) is 0 Å². The van der Waals surface area contributed by atoms with Gasteiger partial charge in [-0.1, -0.05) is 24.3 Å². The van der Waals surface area contributed by atoms with E-state index in [9.17, 15) is 15.2 Å². The molecule has 0 fully saturated rings. The summed E-state index contributed by atoms with van der Waals surface area (Å²) in [5.41, 5.74) is 1.77. The lowest BCUT2D eigenvalue weighted by molar-refractivity contribution is -0.384. The summed E-state index contributed by atoms with van der Waals surface area (Å²) in [5, 5.41) is 24.0. The monoisotopic (exact) mass is 330 g/mol. The first-order chi connectivity index (χ1) is 11.5. The number of rotatable bonds is 8. The third-order valence-electron chi connectivity index (χ3n) is 3.43. The van der Waals surface area contributed by atoms with Crippen LogP contribution in [0.1, 0.15) is 31.1 Å². The molecule has 0 saturated heterocycles. The fourth-order valence-corrected chi connectivity index (χ4v) is 2.27. The molecule has 0 amide bonds. The van der Waals surface area contributed by atoms with Crippen molar-refractivity contribution in [2.45, 2.75) is 32.6 Å². The molecule has 2 N–H and O–H groups in total. The van der Waals surface area contributed by atoms with Crippen LogP contribution in [0.15, 0.2) is 48.5 Å². The Balaban J connectivity index is 1.86. The molecule has 0 aliphatic heterocycles. The molecule has 2 aromatic rings. The maximum atomic E-state index is 10.6. The molecule has 2 aromatic carbocycles. The Morgan fingerprint density at radius 3 is 2.54 bits per heavy atom. The van der Waals surface area contributed by atoms with Crippen LogP contribution in [0.25, 0.3) is 0 Å². The zero-order valence-electron chi connectivity index (χ0n) is 13.8. The van der Waals surface area contributed by atoms with E-state index >= 15 is 0 Å². The lowest BCUT2D eigenvalue weighted by atomic mass is 10.1. The van der Waals surface area contributed by atoms with Crippen molar-refractivity contribution in [3.05, 3.63) is 69.8 Å². The molecular formula is C18H22N2O4. The van der Waals surface area contributed by atoms with Crippen LogP contribution in [-0.2, 0) is 6.54 Å². The van der Waals surface area contributed by atoms with Crippen molar-refractivity contribution in [2.75, 3.05) is 6.54 Å². The number of hydrogen-bond acceptors (Lipinski definition) is 5. The van der Waals surface area contributed by atoms with E-state index in [1.54, 1.807) is 12.1 Å². The van der Waals surface area contributed by atoms with Gasteiger partial charge in [-0.05, 0) is 37.1 Å². The normalized spacial score (nSPS) is 12.2. The number of benzene rings is 2. The summed E-state index contributed by atoms with van der Waals surface area (Å²) >= 11 is 0. The van der Waals surface area contributed by atoms with Gasteiger partial charge in [0.2, 0.25) is 0 Å². The lowest BCUT2D eigenvalue weighted by Gasteiger charge is -2.15. The molecule has 6 nitrogen and oxygen atoms in total. The van der Waals surface area contributed by atoms with Gasteiger partial charge in [-0.15, -0.1) is 0 Å². The van der Waals surface area contributed by atoms with E-state index in [0.717, 1.165) is 16.9 Å². The number of nitrogens with one attached hydrogen (secondary N) is 1. The van der Waals surface area contributed by atoms with Gasteiger partial charge in [-0.25, -0.2) is 0 Å². The van der Waals surface area contributed by atoms with Crippen molar-refractivity contribution in [1.82, 2.24) is 5.32 Å². The second kappa shape index (κ2) is 8.42. The third-order valence-corrected chi connectivity index (χ3v) is 3.43.